The smallest absolute Gasteiger partial charge is 0.101 e. The molecule has 1 aromatic rings. The number of nitrogens with two attached hydrogens (primary N) is 1. The van der Waals surface area contributed by atoms with Crippen molar-refractivity contribution >= 4 is 11.4 Å². The molecule has 0 saturated heterocycles. The molecule has 0 aliphatic heterocycles. The summed E-state index contributed by atoms with van der Waals surface area (Å²) in [6.45, 7) is 6.49. The number of nitrogen functional groups attached to an aromatic ring is 1. The standard InChI is InChI=1S/C15H23N3/c1-3-5-9-18(10-6-4-2)14-7-8-15(17)13(11-14)12-16/h7-8,11H,3-6,9-10,17H2,1-2H3. The number of unbranched alkanes of at least 4 members (excludes halogenated alkanes) is 2. The Morgan fingerprint density at radius 2 is 1.78 bits per heavy atom. The Hall–Kier alpha value is -1.69. The van der Waals surface area contributed by atoms with Crippen molar-refractivity contribution in [3.8, 4) is 6.07 Å². The van der Waals surface area contributed by atoms with Crippen LogP contribution in [0.3, 0.4) is 0 Å². The van der Waals surface area contributed by atoms with Crippen LogP contribution in [-0.2, 0) is 0 Å². The summed E-state index contributed by atoms with van der Waals surface area (Å²) in [6.07, 6.45) is 4.72. The van der Waals surface area contributed by atoms with E-state index < -0.39 is 0 Å². The van der Waals surface area contributed by atoms with Crippen molar-refractivity contribution in [1.82, 2.24) is 0 Å². The summed E-state index contributed by atoms with van der Waals surface area (Å²) in [5.74, 6) is 0. The fourth-order valence-electron chi connectivity index (χ4n) is 1.91. The zero-order chi connectivity index (χ0) is 13.4. The van der Waals surface area contributed by atoms with Crippen LogP contribution >= 0.6 is 0 Å². The van der Waals surface area contributed by atoms with E-state index in [-0.39, 0.29) is 0 Å². The van der Waals surface area contributed by atoms with Gasteiger partial charge in [0.2, 0.25) is 0 Å². The molecule has 0 spiro atoms. The molecule has 0 bridgehead atoms. The highest BCUT2D eigenvalue weighted by atomic mass is 15.1. The zero-order valence-electron chi connectivity index (χ0n) is 11.4. The van der Waals surface area contributed by atoms with Crippen LogP contribution in [-0.4, -0.2) is 13.1 Å². The molecule has 0 heterocycles. The van der Waals surface area contributed by atoms with E-state index in [9.17, 15) is 0 Å². The Morgan fingerprint density at radius 1 is 1.17 bits per heavy atom. The zero-order valence-corrected chi connectivity index (χ0v) is 11.4. The molecular formula is C15H23N3. The van der Waals surface area contributed by atoms with Gasteiger partial charge >= 0.3 is 0 Å². The topological polar surface area (TPSA) is 53.0 Å². The third-order valence-corrected chi connectivity index (χ3v) is 3.09. The first kappa shape index (κ1) is 14.4. The minimum absolute atomic E-state index is 0.562. The Labute approximate surface area is 110 Å². The normalized spacial score (nSPS) is 10.1. The van der Waals surface area contributed by atoms with Crippen LogP contribution < -0.4 is 10.6 Å². The summed E-state index contributed by atoms with van der Waals surface area (Å²) in [6, 6.07) is 7.90. The maximum absolute atomic E-state index is 9.03. The molecule has 1 aromatic carbocycles. The molecule has 0 aliphatic carbocycles. The molecule has 0 unspecified atom stereocenters. The number of nitrogens with zero attached hydrogens (tertiary/aromatic N) is 2. The first-order valence-electron chi connectivity index (χ1n) is 6.77. The van der Waals surface area contributed by atoms with Gasteiger partial charge in [0.1, 0.15) is 6.07 Å². The average Bonchev–Trinajstić information content (AvgIpc) is 2.40. The fraction of sp³-hybridized carbons (Fsp3) is 0.533. The van der Waals surface area contributed by atoms with Gasteiger partial charge in [-0.25, -0.2) is 0 Å². The van der Waals surface area contributed by atoms with Crippen molar-refractivity contribution in [2.75, 3.05) is 23.7 Å². The number of benzene rings is 1. The van der Waals surface area contributed by atoms with E-state index in [1.54, 1.807) is 0 Å². The second kappa shape index (κ2) is 7.60. The van der Waals surface area contributed by atoms with E-state index >= 15 is 0 Å². The Kier molecular flexibility index (Phi) is 6.07. The minimum Gasteiger partial charge on any atom is -0.398 e. The lowest BCUT2D eigenvalue weighted by atomic mass is 10.1. The highest BCUT2D eigenvalue weighted by Crippen LogP contribution is 2.21. The number of nitriles is 1. The highest BCUT2D eigenvalue weighted by Gasteiger charge is 2.08. The third-order valence-electron chi connectivity index (χ3n) is 3.09. The molecule has 0 atom stereocenters. The second-order valence-electron chi connectivity index (χ2n) is 4.58. The van der Waals surface area contributed by atoms with Crippen molar-refractivity contribution in [3.05, 3.63) is 23.8 Å². The van der Waals surface area contributed by atoms with Gasteiger partial charge in [0.15, 0.2) is 0 Å². The maximum atomic E-state index is 9.03. The van der Waals surface area contributed by atoms with Crippen molar-refractivity contribution < 1.29 is 0 Å². The molecule has 3 nitrogen and oxygen atoms in total. The number of hydrogen-bond donors (Lipinski definition) is 1. The van der Waals surface area contributed by atoms with Crippen LogP contribution in [0.25, 0.3) is 0 Å². The molecule has 0 aromatic heterocycles. The average molecular weight is 245 g/mol. The Morgan fingerprint density at radius 3 is 2.28 bits per heavy atom. The Bertz CT molecular complexity index is 399. The first-order chi connectivity index (χ1) is 8.72. The molecular weight excluding hydrogens is 222 g/mol. The van der Waals surface area contributed by atoms with Crippen molar-refractivity contribution in [2.24, 2.45) is 0 Å². The van der Waals surface area contributed by atoms with Crippen molar-refractivity contribution in [1.29, 1.82) is 5.26 Å². The molecule has 3 heteroatoms. The van der Waals surface area contributed by atoms with Gasteiger partial charge in [0.25, 0.3) is 0 Å². The Balaban J connectivity index is 2.86. The minimum atomic E-state index is 0.562. The third kappa shape index (κ3) is 3.96. The molecule has 0 saturated carbocycles. The van der Waals surface area contributed by atoms with E-state index in [0.717, 1.165) is 18.8 Å². The molecule has 0 radical (unpaired) electrons. The lowest BCUT2D eigenvalue weighted by molar-refractivity contribution is 0.678. The number of anilines is 2. The molecule has 2 N–H and O–H groups in total. The molecule has 98 valence electrons. The lowest BCUT2D eigenvalue weighted by Crippen LogP contribution is -2.25. The SMILES string of the molecule is CCCCN(CCCC)c1ccc(N)c(C#N)c1. The van der Waals surface area contributed by atoms with Crippen molar-refractivity contribution in [2.45, 2.75) is 39.5 Å². The van der Waals surface area contributed by atoms with Gasteiger partial charge in [0, 0.05) is 24.5 Å². The van der Waals surface area contributed by atoms with Gasteiger partial charge in [-0.2, -0.15) is 5.26 Å². The summed E-state index contributed by atoms with van der Waals surface area (Å²) in [5, 5.41) is 9.03. The molecule has 0 amide bonds. The van der Waals surface area contributed by atoms with Crippen LogP contribution in [0.2, 0.25) is 0 Å². The van der Waals surface area contributed by atoms with Crippen LogP contribution in [0.4, 0.5) is 11.4 Å². The molecule has 18 heavy (non-hydrogen) atoms. The van der Waals surface area contributed by atoms with Crippen LogP contribution in [0.1, 0.15) is 45.1 Å². The second-order valence-corrected chi connectivity index (χ2v) is 4.58. The van der Waals surface area contributed by atoms with E-state index in [0.29, 0.717) is 11.3 Å². The number of rotatable bonds is 7. The quantitative estimate of drug-likeness (QED) is 0.747. The monoisotopic (exact) mass is 245 g/mol. The van der Waals surface area contributed by atoms with Crippen LogP contribution in [0.5, 0.6) is 0 Å². The van der Waals surface area contributed by atoms with Gasteiger partial charge in [-0.15, -0.1) is 0 Å². The maximum Gasteiger partial charge on any atom is 0.101 e. The van der Waals surface area contributed by atoms with E-state index in [1.165, 1.54) is 25.7 Å². The fourth-order valence-corrected chi connectivity index (χ4v) is 1.91. The van der Waals surface area contributed by atoms with Crippen molar-refractivity contribution in [3.63, 3.8) is 0 Å². The lowest BCUT2D eigenvalue weighted by Gasteiger charge is -2.25. The summed E-state index contributed by atoms with van der Waals surface area (Å²) in [5.41, 5.74) is 8.01. The molecule has 1 rings (SSSR count). The predicted molar refractivity (Wildman–Crippen MR) is 77.6 cm³/mol. The predicted octanol–water partition coefficient (Wildman–Crippen LogP) is 3.55. The van der Waals surface area contributed by atoms with Gasteiger partial charge in [-0.05, 0) is 31.0 Å². The first-order valence-corrected chi connectivity index (χ1v) is 6.77. The van der Waals surface area contributed by atoms with Gasteiger partial charge in [-0.1, -0.05) is 26.7 Å². The summed E-state index contributed by atoms with van der Waals surface area (Å²) in [7, 11) is 0. The van der Waals surface area contributed by atoms with Gasteiger partial charge < -0.3 is 10.6 Å². The highest BCUT2D eigenvalue weighted by molar-refractivity contribution is 5.62. The van der Waals surface area contributed by atoms with E-state index in [2.05, 4.69) is 24.8 Å². The molecule has 0 aliphatic rings. The van der Waals surface area contributed by atoms with E-state index in [1.807, 2.05) is 18.2 Å². The largest absolute Gasteiger partial charge is 0.398 e. The summed E-state index contributed by atoms with van der Waals surface area (Å²) < 4.78 is 0. The molecule has 0 fully saturated rings. The van der Waals surface area contributed by atoms with Gasteiger partial charge in [0.05, 0.1) is 5.56 Å². The van der Waals surface area contributed by atoms with Gasteiger partial charge in [-0.3, -0.25) is 0 Å². The van der Waals surface area contributed by atoms with E-state index in [4.69, 9.17) is 11.0 Å². The van der Waals surface area contributed by atoms with Crippen LogP contribution in [0.15, 0.2) is 18.2 Å². The summed E-state index contributed by atoms with van der Waals surface area (Å²) >= 11 is 0. The van der Waals surface area contributed by atoms with Crippen LogP contribution in [0, 0.1) is 11.3 Å². The number of hydrogen-bond acceptors (Lipinski definition) is 3. The summed E-state index contributed by atoms with van der Waals surface area (Å²) in [4.78, 5) is 2.35.